The monoisotopic (exact) mass is 276 g/mol. The molecule has 0 spiro atoms. The molecule has 0 aliphatic rings. The quantitative estimate of drug-likeness (QED) is 0.752. The SMILES string of the molecule is CC(C)c1ccc(CCCNC(=O)C(C)C(C)N)cc1. The number of hydrogen-bond acceptors (Lipinski definition) is 2. The first-order valence-electron chi connectivity index (χ1n) is 7.54. The van der Waals surface area contributed by atoms with E-state index < -0.39 is 0 Å². The summed E-state index contributed by atoms with van der Waals surface area (Å²) in [5.74, 6) is 0.499. The third-order valence-corrected chi connectivity index (χ3v) is 3.79. The highest BCUT2D eigenvalue weighted by atomic mass is 16.1. The highest BCUT2D eigenvalue weighted by Crippen LogP contribution is 2.15. The van der Waals surface area contributed by atoms with Crippen molar-refractivity contribution in [2.45, 2.75) is 52.5 Å². The van der Waals surface area contributed by atoms with E-state index in [-0.39, 0.29) is 17.9 Å². The van der Waals surface area contributed by atoms with Gasteiger partial charge in [0.05, 0.1) is 0 Å². The van der Waals surface area contributed by atoms with Gasteiger partial charge in [-0.05, 0) is 36.8 Å². The van der Waals surface area contributed by atoms with Gasteiger partial charge in [0.1, 0.15) is 0 Å². The van der Waals surface area contributed by atoms with E-state index in [2.05, 4.69) is 43.4 Å². The molecular formula is C17H28N2O. The Balaban J connectivity index is 2.29. The third-order valence-electron chi connectivity index (χ3n) is 3.79. The molecule has 112 valence electrons. The Morgan fingerprint density at radius 3 is 2.25 bits per heavy atom. The largest absolute Gasteiger partial charge is 0.356 e. The van der Waals surface area contributed by atoms with E-state index in [9.17, 15) is 4.79 Å². The number of hydrogen-bond donors (Lipinski definition) is 2. The molecule has 1 aromatic carbocycles. The lowest BCUT2D eigenvalue weighted by atomic mass is 10.0. The van der Waals surface area contributed by atoms with Crippen molar-refractivity contribution in [3.05, 3.63) is 35.4 Å². The predicted molar refractivity (Wildman–Crippen MR) is 84.7 cm³/mol. The van der Waals surface area contributed by atoms with Gasteiger partial charge in [-0.2, -0.15) is 0 Å². The first kappa shape index (κ1) is 16.7. The summed E-state index contributed by atoms with van der Waals surface area (Å²) >= 11 is 0. The number of aryl methyl sites for hydroxylation is 1. The highest BCUT2D eigenvalue weighted by molar-refractivity contribution is 5.78. The second-order valence-corrected chi connectivity index (χ2v) is 5.94. The summed E-state index contributed by atoms with van der Waals surface area (Å²) in [5.41, 5.74) is 8.40. The van der Waals surface area contributed by atoms with Gasteiger partial charge >= 0.3 is 0 Å². The fraction of sp³-hybridized carbons (Fsp3) is 0.588. The lowest BCUT2D eigenvalue weighted by Crippen LogP contribution is -2.39. The van der Waals surface area contributed by atoms with E-state index in [1.54, 1.807) is 0 Å². The molecule has 0 aliphatic carbocycles. The molecule has 0 saturated carbocycles. The maximum Gasteiger partial charge on any atom is 0.224 e. The topological polar surface area (TPSA) is 55.1 Å². The number of carbonyl (C=O) groups excluding carboxylic acids is 1. The van der Waals surface area contributed by atoms with Crippen molar-refractivity contribution < 1.29 is 4.79 Å². The summed E-state index contributed by atoms with van der Waals surface area (Å²) in [7, 11) is 0. The van der Waals surface area contributed by atoms with Crippen LogP contribution in [0.5, 0.6) is 0 Å². The van der Waals surface area contributed by atoms with Crippen molar-refractivity contribution in [1.82, 2.24) is 5.32 Å². The zero-order valence-electron chi connectivity index (χ0n) is 13.1. The molecule has 0 saturated heterocycles. The fourth-order valence-corrected chi connectivity index (χ4v) is 1.97. The van der Waals surface area contributed by atoms with Gasteiger partial charge in [0, 0.05) is 18.5 Å². The number of benzene rings is 1. The number of amides is 1. The van der Waals surface area contributed by atoms with Crippen LogP contribution < -0.4 is 11.1 Å². The Morgan fingerprint density at radius 2 is 1.75 bits per heavy atom. The zero-order chi connectivity index (χ0) is 15.1. The predicted octanol–water partition coefficient (Wildman–Crippen LogP) is 2.84. The van der Waals surface area contributed by atoms with Gasteiger partial charge in [-0.1, -0.05) is 45.0 Å². The first-order valence-corrected chi connectivity index (χ1v) is 7.54. The second kappa shape index (κ2) is 8.05. The molecule has 2 unspecified atom stereocenters. The average molecular weight is 276 g/mol. The smallest absolute Gasteiger partial charge is 0.224 e. The van der Waals surface area contributed by atoms with E-state index in [4.69, 9.17) is 5.73 Å². The van der Waals surface area contributed by atoms with Crippen LogP contribution in [0.25, 0.3) is 0 Å². The van der Waals surface area contributed by atoms with Crippen LogP contribution in [0.1, 0.15) is 51.2 Å². The van der Waals surface area contributed by atoms with Crippen molar-refractivity contribution in [3.63, 3.8) is 0 Å². The molecule has 2 atom stereocenters. The summed E-state index contributed by atoms with van der Waals surface area (Å²) in [6, 6.07) is 8.65. The maximum atomic E-state index is 11.7. The summed E-state index contributed by atoms with van der Waals surface area (Å²) < 4.78 is 0. The van der Waals surface area contributed by atoms with Gasteiger partial charge in [-0.3, -0.25) is 4.79 Å². The molecule has 3 heteroatoms. The average Bonchev–Trinajstić information content (AvgIpc) is 2.42. The molecule has 0 heterocycles. The second-order valence-electron chi connectivity index (χ2n) is 5.94. The molecule has 1 rings (SSSR count). The van der Waals surface area contributed by atoms with Crippen LogP contribution in [0.15, 0.2) is 24.3 Å². The molecule has 0 fully saturated rings. The molecule has 3 nitrogen and oxygen atoms in total. The third kappa shape index (κ3) is 5.33. The van der Waals surface area contributed by atoms with Crippen molar-refractivity contribution in [2.75, 3.05) is 6.54 Å². The van der Waals surface area contributed by atoms with Crippen LogP contribution in [-0.4, -0.2) is 18.5 Å². The Hall–Kier alpha value is -1.35. The van der Waals surface area contributed by atoms with Crippen LogP contribution in [0.4, 0.5) is 0 Å². The van der Waals surface area contributed by atoms with Gasteiger partial charge < -0.3 is 11.1 Å². The molecule has 0 radical (unpaired) electrons. The number of nitrogens with two attached hydrogens (primary N) is 1. The highest BCUT2D eigenvalue weighted by Gasteiger charge is 2.15. The fourth-order valence-electron chi connectivity index (χ4n) is 1.97. The van der Waals surface area contributed by atoms with Crippen LogP contribution >= 0.6 is 0 Å². The number of rotatable bonds is 7. The molecular weight excluding hydrogens is 248 g/mol. The van der Waals surface area contributed by atoms with Crippen LogP contribution in [-0.2, 0) is 11.2 Å². The molecule has 0 aromatic heterocycles. The molecule has 1 aromatic rings. The summed E-state index contributed by atoms with van der Waals surface area (Å²) in [6.45, 7) is 8.83. The Morgan fingerprint density at radius 1 is 1.15 bits per heavy atom. The van der Waals surface area contributed by atoms with Crippen molar-refractivity contribution in [2.24, 2.45) is 11.7 Å². The van der Waals surface area contributed by atoms with Gasteiger partial charge in [0.25, 0.3) is 0 Å². The minimum absolute atomic E-state index is 0.0511. The Bertz CT molecular complexity index is 410. The minimum atomic E-state index is -0.125. The van der Waals surface area contributed by atoms with Crippen molar-refractivity contribution in [1.29, 1.82) is 0 Å². The van der Waals surface area contributed by atoms with Gasteiger partial charge in [0.15, 0.2) is 0 Å². The van der Waals surface area contributed by atoms with Crippen LogP contribution in [0, 0.1) is 5.92 Å². The molecule has 0 bridgehead atoms. The zero-order valence-corrected chi connectivity index (χ0v) is 13.1. The Kier molecular flexibility index (Phi) is 6.73. The maximum absolute atomic E-state index is 11.7. The normalized spacial score (nSPS) is 14.1. The van der Waals surface area contributed by atoms with Crippen molar-refractivity contribution >= 4 is 5.91 Å². The standard InChI is InChI=1S/C17H28N2O/c1-12(2)16-9-7-15(8-10-16)6-5-11-19-17(20)13(3)14(4)18/h7-10,12-14H,5-6,11,18H2,1-4H3,(H,19,20). The number of nitrogens with one attached hydrogen (secondary N) is 1. The van der Waals surface area contributed by atoms with Crippen LogP contribution in [0.3, 0.4) is 0 Å². The summed E-state index contributed by atoms with van der Waals surface area (Å²) in [5, 5.41) is 2.94. The summed E-state index contributed by atoms with van der Waals surface area (Å²) in [4.78, 5) is 11.7. The van der Waals surface area contributed by atoms with E-state index in [1.165, 1.54) is 11.1 Å². The van der Waals surface area contributed by atoms with Crippen molar-refractivity contribution in [3.8, 4) is 0 Å². The van der Waals surface area contributed by atoms with Gasteiger partial charge in [-0.15, -0.1) is 0 Å². The molecule has 3 N–H and O–H groups in total. The van der Waals surface area contributed by atoms with E-state index >= 15 is 0 Å². The van der Waals surface area contributed by atoms with Crippen LogP contribution in [0.2, 0.25) is 0 Å². The molecule has 1 amide bonds. The lowest BCUT2D eigenvalue weighted by Gasteiger charge is -2.15. The molecule has 0 aliphatic heterocycles. The Labute approximate surface area is 122 Å². The van der Waals surface area contributed by atoms with E-state index in [1.807, 2.05) is 13.8 Å². The van der Waals surface area contributed by atoms with E-state index in [0.29, 0.717) is 12.5 Å². The van der Waals surface area contributed by atoms with E-state index in [0.717, 1.165) is 12.8 Å². The van der Waals surface area contributed by atoms with Gasteiger partial charge in [-0.25, -0.2) is 0 Å². The minimum Gasteiger partial charge on any atom is -0.356 e. The first-order chi connectivity index (χ1) is 9.41. The molecule has 20 heavy (non-hydrogen) atoms. The summed E-state index contributed by atoms with van der Waals surface area (Å²) in [6.07, 6.45) is 1.95. The number of carbonyl (C=O) groups is 1. The van der Waals surface area contributed by atoms with Gasteiger partial charge in [0.2, 0.25) is 5.91 Å². The lowest BCUT2D eigenvalue weighted by molar-refractivity contribution is -0.124.